The number of esters is 1. The molecule has 0 saturated heterocycles. The first-order valence-electron chi connectivity index (χ1n) is 10.4. The Labute approximate surface area is 200 Å². The summed E-state index contributed by atoms with van der Waals surface area (Å²) in [5.41, 5.74) is 1.95. The Morgan fingerprint density at radius 3 is 2.24 bits per heavy atom. The van der Waals surface area contributed by atoms with E-state index in [1.807, 2.05) is 36.4 Å². The smallest absolute Gasteiger partial charge is 0.338 e. The number of nitrogens with zero attached hydrogens (tertiary/aromatic N) is 2. The average Bonchev–Trinajstić information content (AvgIpc) is 3.16. The van der Waals surface area contributed by atoms with Gasteiger partial charge in [0.15, 0.2) is 16.3 Å². The quantitative estimate of drug-likeness (QED) is 0.504. The van der Waals surface area contributed by atoms with Crippen LogP contribution in [0.3, 0.4) is 0 Å². The first kappa shape index (κ1) is 23.3. The predicted molar refractivity (Wildman–Crippen MR) is 128 cm³/mol. The van der Waals surface area contributed by atoms with Crippen molar-refractivity contribution in [3.8, 4) is 17.2 Å². The first-order valence-corrected chi connectivity index (χ1v) is 11.2. The molecule has 4 rings (SSSR count). The number of benzene rings is 2. The zero-order valence-electron chi connectivity index (χ0n) is 19.4. The van der Waals surface area contributed by atoms with Crippen LogP contribution in [0.1, 0.15) is 24.1 Å². The number of aromatic nitrogens is 1. The van der Waals surface area contributed by atoms with Gasteiger partial charge in [0.25, 0.3) is 5.56 Å². The van der Waals surface area contributed by atoms with Crippen LogP contribution in [0.4, 0.5) is 0 Å². The number of methoxy groups -OCH3 is 4. The van der Waals surface area contributed by atoms with Crippen LogP contribution in [-0.4, -0.2) is 39.0 Å². The minimum absolute atomic E-state index is 0.260. The molecule has 176 valence electrons. The lowest BCUT2D eigenvalue weighted by molar-refractivity contribution is -0.136. The van der Waals surface area contributed by atoms with E-state index in [9.17, 15) is 9.59 Å². The number of hydrogen-bond donors (Lipinski definition) is 0. The lowest BCUT2D eigenvalue weighted by Crippen LogP contribution is -2.39. The van der Waals surface area contributed by atoms with Crippen LogP contribution in [0.15, 0.2) is 63.5 Å². The minimum atomic E-state index is -0.796. The second-order valence-electron chi connectivity index (χ2n) is 7.44. The number of rotatable bonds is 6. The van der Waals surface area contributed by atoms with E-state index in [0.29, 0.717) is 37.8 Å². The molecule has 2 heterocycles. The van der Waals surface area contributed by atoms with Gasteiger partial charge in [0.2, 0.25) is 5.75 Å². The monoisotopic (exact) mass is 480 g/mol. The van der Waals surface area contributed by atoms with Gasteiger partial charge in [-0.25, -0.2) is 9.79 Å². The highest BCUT2D eigenvalue weighted by atomic mass is 32.1. The van der Waals surface area contributed by atoms with Crippen molar-refractivity contribution < 1.29 is 23.7 Å². The molecule has 0 N–H and O–H groups in total. The van der Waals surface area contributed by atoms with Gasteiger partial charge in [-0.1, -0.05) is 41.7 Å². The first-order chi connectivity index (χ1) is 16.4. The van der Waals surface area contributed by atoms with Crippen molar-refractivity contribution in [2.75, 3.05) is 28.4 Å². The van der Waals surface area contributed by atoms with Crippen molar-refractivity contribution in [1.82, 2.24) is 4.57 Å². The Bertz CT molecular complexity index is 1430. The maximum absolute atomic E-state index is 13.6. The zero-order valence-corrected chi connectivity index (χ0v) is 20.3. The highest BCUT2D eigenvalue weighted by molar-refractivity contribution is 7.07. The zero-order chi connectivity index (χ0) is 24.4. The molecule has 9 heteroatoms. The molecule has 3 aromatic rings. The normalized spacial score (nSPS) is 15.4. The van der Waals surface area contributed by atoms with Gasteiger partial charge >= 0.3 is 5.97 Å². The number of carbonyl (C=O) groups is 1. The lowest BCUT2D eigenvalue weighted by atomic mass is 9.95. The molecule has 1 aliphatic heterocycles. The summed E-state index contributed by atoms with van der Waals surface area (Å²) < 4.78 is 23.5. The summed E-state index contributed by atoms with van der Waals surface area (Å²) in [6.07, 6.45) is 1.81. The lowest BCUT2D eigenvalue weighted by Gasteiger charge is -2.25. The standard InChI is InChI=1S/C25H24N2O6S/c1-14-20(24(29)33-5)21(16-12-17(30-2)22(32-4)18(13-16)31-3)27-23(28)19(34-25(27)26-14)11-15-9-7-6-8-10-15/h6-13,21H,1-5H3/b19-11+/t21-/m1/s1. The second kappa shape index (κ2) is 9.56. The highest BCUT2D eigenvalue weighted by Gasteiger charge is 2.34. The third kappa shape index (κ3) is 3.99. The number of carbonyl (C=O) groups excluding carboxylic acids is 1. The summed E-state index contributed by atoms with van der Waals surface area (Å²) >= 11 is 1.26. The topological polar surface area (TPSA) is 88.4 Å². The third-order valence-electron chi connectivity index (χ3n) is 5.53. The van der Waals surface area contributed by atoms with E-state index in [1.165, 1.54) is 44.3 Å². The van der Waals surface area contributed by atoms with Crippen LogP contribution in [0, 0.1) is 0 Å². The number of thiazole rings is 1. The Balaban J connectivity index is 2.03. The fraction of sp³-hybridized carbons (Fsp3) is 0.240. The molecule has 0 unspecified atom stereocenters. The summed E-state index contributed by atoms with van der Waals surface area (Å²) in [6, 6.07) is 12.2. The molecule has 0 bridgehead atoms. The van der Waals surface area contributed by atoms with Gasteiger partial charge in [0.1, 0.15) is 0 Å². The van der Waals surface area contributed by atoms with E-state index in [2.05, 4.69) is 4.99 Å². The number of ether oxygens (including phenoxy) is 4. The van der Waals surface area contributed by atoms with E-state index in [-0.39, 0.29) is 11.1 Å². The predicted octanol–water partition coefficient (Wildman–Crippen LogP) is 2.43. The Morgan fingerprint density at radius 2 is 1.68 bits per heavy atom. The largest absolute Gasteiger partial charge is 0.493 e. The van der Waals surface area contributed by atoms with Gasteiger partial charge in [0, 0.05) is 0 Å². The molecule has 0 spiro atoms. The van der Waals surface area contributed by atoms with Gasteiger partial charge in [0.05, 0.1) is 50.3 Å². The van der Waals surface area contributed by atoms with Crippen LogP contribution >= 0.6 is 11.3 Å². The molecule has 0 aliphatic carbocycles. The molecule has 1 aromatic heterocycles. The van der Waals surface area contributed by atoms with Crippen LogP contribution in [0.5, 0.6) is 17.2 Å². The van der Waals surface area contributed by atoms with Crippen molar-refractivity contribution in [2.45, 2.75) is 13.0 Å². The molecule has 1 atom stereocenters. The molecule has 0 radical (unpaired) electrons. The van der Waals surface area contributed by atoms with E-state index in [0.717, 1.165) is 5.56 Å². The molecule has 2 aromatic carbocycles. The van der Waals surface area contributed by atoms with E-state index in [1.54, 1.807) is 19.1 Å². The highest BCUT2D eigenvalue weighted by Crippen LogP contribution is 2.42. The second-order valence-corrected chi connectivity index (χ2v) is 8.45. The van der Waals surface area contributed by atoms with Gasteiger partial charge in [-0.05, 0) is 36.3 Å². The van der Waals surface area contributed by atoms with Crippen LogP contribution in [0.25, 0.3) is 6.08 Å². The maximum Gasteiger partial charge on any atom is 0.338 e. The van der Waals surface area contributed by atoms with Gasteiger partial charge < -0.3 is 18.9 Å². The molecule has 8 nitrogen and oxygen atoms in total. The van der Waals surface area contributed by atoms with Crippen LogP contribution < -0.4 is 29.1 Å². The number of hydrogen-bond acceptors (Lipinski definition) is 8. The van der Waals surface area contributed by atoms with Crippen molar-refractivity contribution in [1.29, 1.82) is 0 Å². The van der Waals surface area contributed by atoms with Crippen molar-refractivity contribution in [2.24, 2.45) is 4.99 Å². The SMILES string of the molecule is COC(=O)C1=C(C)N=c2s/c(=C/c3ccccc3)c(=O)n2[C@@H]1c1cc(OC)c(OC)c(OC)c1. The summed E-state index contributed by atoms with van der Waals surface area (Å²) in [4.78, 5) is 31.5. The molecule has 0 amide bonds. The molecular formula is C25H24N2O6S. The van der Waals surface area contributed by atoms with Crippen molar-refractivity contribution in [3.63, 3.8) is 0 Å². The van der Waals surface area contributed by atoms with Gasteiger partial charge in [-0.15, -0.1) is 0 Å². The summed E-state index contributed by atoms with van der Waals surface area (Å²) in [5, 5.41) is 0. The number of allylic oxidation sites excluding steroid dienone is 1. The Kier molecular flexibility index (Phi) is 6.56. The summed E-state index contributed by atoms with van der Waals surface area (Å²) in [7, 11) is 5.83. The summed E-state index contributed by atoms with van der Waals surface area (Å²) in [6.45, 7) is 1.73. The molecular weight excluding hydrogens is 456 g/mol. The summed E-state index contributed by atoms with van der Waals surface area (Å²) in [5.74, 6) is 0.646. The molecule has 0 saturated carbocycles. The van der Waals surface area contributed by atoms with Gasteiger partial charge in [-0.2, -0.15) is 0 Å². The van der Waals surface area contributed by atoms with E-state index in [4.69, 9.17) is 18.9 Å². The fourth-order valence-corrected chi connectivity index (χ4v) is 5.01. The van der Waals surface area contributed by atoms with Crippen molar-refractivity contribution >= 4 is 23.4 Å². The molecule has 0 fully saturated rings. The average molecular weight is 481 g/mol. The maximum atomic E-state index is 13.6. The third-order valence-corrected chi connectivity index (χ3v) is 6.51. The minimum Gasteiger partial charge on any atom is -0.493 e. The van der Waals surface area contributed by atoms with Crippen LogP contribution in [0.2, 0.25) is 0 Å². The molecule has 1 aliphatic rings. The van der Waals surface area contributed by atoms with Gasteiger partial charge in [-0.3, -0.25) is 9.36 Å². The Hall–Kier alpha value is -3.85. The van der Waals surface area contributed by atoms with Crippen molar-refractivity contribution in [3.05, 3.63) is 84.5 Å². The number of fused-ring (bicyclic) bond motifs is 1. The van der Waals surface area contributed by atoms with E-state index >= 15 is 0 Å². The fourth-order valence-electron chi connectivity index (χ4n) is 3.97. The van der Waals surface area contributed by atoms with Crippen LogP contribution in [-0.2, 0) is 9.53 Å². The molecule has 34 heavy (non-hydrogen) atoms. The Morgan fingerprint density at radius 1 is 1.03 bits per heavy atom. The van der Waals surface area contributed by atoms with E-state index < -0.39 is 12.0 Å².